The first-order valence-electron chi connectivity index (χ1n) is 7.59. The van der Waals surface area contributed by atoms with Crippen LogP contribution in [0.4, 0.5) is 0 Å². The van der Waals surface area contributed by atoms with Gasteiger partial charge in [-0.3, -0.25) is 9.69 Å². The average Bonchev–Trinajstić information content (AvgIpc) is 2.65. The molecule has 1 aromatic carbocycles. The van der Waals surface area contributed by atoms with Crippen molar-refractivity contribution in [1.29, 1.82) is 0 Å². The van der Waals surface area contributed by atoms with Crippen molar-refractivity contribution in [2.24, 2.45) is 0 Å². The van der Waals surface area contributed by atoms with Crippen LogP contribution in [-0.2, 0) is 0 Å². The Balaban J connectivity index is 1.72. The van der Waals surface area contributed by atoms with Crippen LogP contribution >= 0.6 is 0 Å². The molecule has 3 nitrogen and oxygen atoms in total. The molecule has 2 bridgehead atoms. The normalized spacial score (nSPS) is 29.6. The van der Waals surface area contributed by atoms with E-state index in [2.05, 4.69) is 11.8 Å². The summed E-state index contributed by atoms with van der Waals surface area (Å²) in [6.45, 7) is 4.62. The molecule has 2 aliphatic rings. The van der Waals surface area contributed by atoms with E-state index >= 15 is 0 Å². The Labute approximate surface area is 120 Å². The second kappa shape index (κ2) is 5.30. The Bertz CT molecular complexity index is 512. The zero-order valence-electron chi connectivity index (χ0n) is 12.3. The summed E-state index contributed by atoms with van der Waals surface area (Å²) in [5, 5.41) is 9.81. The highest BCUT2D eigenvalue weighted by Crippen LogP contribution is 2.35. The van der Waals surface area contributed by atoms with Crippen LogP contribution in [0.15, 0.2) is 18.2 Å². The topological polar surface area (TPSA) is 40.5 Å². The number of hydrogen-bond acceptors (Lipinski definition) is 3. The Kier molecular flexibility index (Phi) is 3.65. The van der Waals surface area contributed by atoms with Gasteiger partial charge in [0.05, 0.1) is 12.6 Å². The molecule has 2 saturated heterocycles. The van der Waals surface area contributed by atoms with Crippen LogP contribution in [0.3, 0.4) is 0 Å². The van der Waals surface area contributed by atoms with Crippen molar-refractivity contribution in [3.05, 3.63) is 34.9 Å². The average molecular weight is 273 g/mol. The van der Waals surface area contributed by atoms with Gasteiger partial charge in [0, 0.05) is 17.6 Å². The molecule has 0 radical (unpaired) electrons. The van der Waals surface area contributed by atoms with Crippen molar-refractivity contribution in [3.8, 4) is 0 Å². The first kappa shape index (κ1) is 13.8. The molecule has 20 heavy (non-hydrogen) atoms. The Morgan fingerprint density at radius 1 is 1.20 bits per heavy atom. The number of carbonyl (C=O) groups excluding carboxylic acids is 1. The summed E-state index contributed by atoms with van der Waals surface area (Å²) in [6, 6.07) is 6.76. The van der Waals surface area contributed by atoms with Crippen molar-refractivity contribution in [2.75, 3.05) is 6.54 Å². The predicted molar refractivity (Wildman–Crippen MR) is 79.0 cm³/mol. The van der Waals surface area contributed by atoms with Gasteiger partial charge in [-0.25, -0.2) is 0 Å². The molecule has 0 aromatic heterocycles. The van der Waals surface area contributed by atoms with Crippen molar-refractivity contribution in [3.63, 3.8) is 0 Å². The van der Waals surface area contributed by atoms with E-state index in [9.17, 15) is 9.90 Å². The third kappa shape index (κ3) is 2.52. The third-order valence-electron chi connectivity index (χ3n) is 5.01. The minimum atomic E-state index is -0.166. The van der Waals surface area contributed by atoms with Crippen molar-refractivity contribution in [1.82, 2.24) is 4.90 Å². The SMILES string of the molecule is Cc1ccc(C(=O)CN2C3CCC2CC(O)C3)cc1C. The van der Waals surface area contributed by atoms with Crippen LogP contribution in [-0.4, -0.2) is 40.5 Å². The Hall–Kier alpha value is -1.19. The smallest absolute Gasteiger partial charge is 0.176 e. The fraction of sp³-hybridized carbons (Fsp3) is 0.588. The van der Waals surface area contributed by atoms with Crippen molar-refractivity contribution < 1.29 is 9.90 Å². The third-order valence-corrected chi connectivity index (χ3v) is 5.01. The molecule has 0 aliphatic carbocycles. The van der Waals surface area contributed by atoms with E-state index in [1.54, 1.807) is 0 Å². The van der Waals surface area contributed by atoms with Crippen LogP contribution < -0.4 is 0 Å². The summed E-state index contributed by atoms with van der Waals surface area (Å²) in [7, 11) is 0. The summed E-state index contributed by atoms with van der Waals surface area (Å²) in [5.74, 6) is 0.210. The number of aliphatic hydroxyl groups is 1. The lowest BCUT2D eigenvalue weighted by molar-refractivity contribution is 0.0344. The summed E-state index contributed by atoms with van der Waals surface area (Å²) < 4.78 is 0. The molecule has 0 spiro atoms. The molecule has 1 aromatic rings. The number of rotatable bonds is 3. The lowest BCUT2D eigenvalue weighted by Crippen LogP contribution is -2.46. The van der Waals surface area contributed by atoms with E-state index in [0.29, 0.717) is 18.6 Å². The maximum absolute atomic E-state index is 12.5. The zero-order valence-corrected chi connectivity index (χ0v) is 12.3. The van der Waals surface area contributed by atoms with Crippen LogP contribution in [0, 0.1) is 13.8 Å². The zero-order chi connectivity index (χ0) is 14.3. The van der Waals surface area contributed by atoms with Gasteiger partial charge in [0.25, 0.3) is 0 Å². The molecule has 2 aliphatic heterocycles. The van der Waals surface area contributed by atoms with E-state index in [1.807, 2.05) is 25.1 Å². The first-order chi connectivity index (χ1) is 9.54. The van der Waals surface area contributed by atoms with Gasteiger partial charge in [0.2, 0.25) is 0 Å². The number of hydrogen-bond donors (Lipinski definition) is 1. The van der Waals surface area contributed by atoms with E-state index in [4.69, 9.17) is 0 Å². The molecular weight excluding hydrogens is 250 g/mol. The monoisotopic (exact) mass is 273 g/mol. The van der Waals surface area contributed by atoms with Gasteiger partial charge >= 0.3 is 0 Å². The Morgan fingerprint density at radius 3 is 2.45 bits per heavy atom. The summed E-state index contributed by atoms with van der Waals surface area (Å²) in [6.07, 6.45) is 3.75. The van der Waals surface area contributed by atoms with Crippen molar-refractivity contribution >= 4 is 5.78 Å². The van der Waals surface area contributed by atoms with Crippen molar-refractivity contribution in [2.45, 2.75) is 57.7 Å². The molecule has 3 rings (SSSR count). The largest absolute Gasteiger partial charge is 0.393 e. The minimum absolute atomic E-state index is 0.166. The van der Waals surface area contributed by atoms with Gasteiger partial charge in [-0.15, -0.1) is 0 Å². The molecule has 0 saturated carbocycles. The molecule has 108 valence electrons. The number of ketones is 1. The van der Waals surface area contributed by atoms with Crippen LogP contribution in [0.5, 0.6) is 0 Å². The standard InChI is InChI=1S/C17H23NO2/c1-11-3-4-13(7-12(11)2)17(20)10-18-14-5-6-15(18)9-16(19)8-14/h3-4,7,14-16,19H,5-6,8-10H2,1-2H3. The molecular formula is C17H23NO2. The van der Waals surface area contributed by atoms with Crippen LogP contribution in [0.1, 0.15) is 47.2 Å². The molecule has 2 fully saturated rings. The lowest BCUT2D eigenvalue weighted by Gasteiger charge is -2.36. The quantitative estimate of drug-likeness (QED) is 0.860. The van der Waals surface area contributed by atoms with Gasteiger partial charge in [-0.1, -0.05) is 12.1 Å². The summed E-state index contributed by atoms with van der Waals surface area (Å²) >= 11 is 0. The highest BCUT2D eigenvalue weighted by atomic mass is 16.3. The number of nitrogens with zero attached hydrogens (tertiary/aromatic N) is 1. The molecule has 2 atom stereocenters. The minimum Gasteiger partial charge on any atom is -0.393 e. The maximum Gasteiger partial charge on any atom is 0.176 e. The number of carbonyl (C=O) groups is 1. The van der Waals surface area contributed by atoms with Gasteiger partial charge < -0.3 is 5.11 Å². The number of aliphatic hydroxyl groups excluding tert-OH is 1. The van der Waals surface area contributed by atoms with E-state index in [-0.39, 0.29) is 11.9 Å². The van der Waals surface area contributed by atoms with Gasteiger partial charge in [-0.2, -0.15) is 0 Å². The van der Waals surface area contributed by atoms with Crippen LogP contribution in [0.25, 0.3) is 0 Å². The number of Topliss-reactive ketones (excluding diaryl/α,β-unsaturated/α-hetero) is 1. The lowest BCUT2D eigenvalue weighted by atomic mass is 9.98. The fourth-order valence-electron chi connectivity index (χ4n) is 3.68. The van der Waals surface area contributed by atoms with Crippen LogP contribution in [0.2, 0.25) is 0 Å². The van der Waals surface area contributed by atoms with E-state index in [0.717, 1.165) is 31.2 Å². The first-order valence-corrected chi connectivity index (χ1v) is 7.59. The predicted octanol–water partition coefficient (Wildman–Crippen LogP) is 2.47. The summed E-state index contributed by atoms with van der Waals surface area (Å²) in [5.41, 5.74) is 3.22. The second-order valence-electron chi connectivity index (χ2n) is 6.40. The fourth-order valence-corrected chi connectivity index (χ4v) is 3.68. The summed E-state index contributed by atoms with van der Waals surface area (Å²) in [4.78, 5) is 14.8. The van der Waals surface area contributed by atoms with E-state index in [1.165, 1.54) is 11.1 Å². The van der Waals surface area contributed by atoms with Gasteiger partial charge in [-0.05, 0) is 56.7 Å². The maximum atomic E-state index is 12.5. The molecule has 0 amide bonds. The molecule has 2 heterocycles. The van der Waals surface area contributed by atoms with Gasteiger partial charge in [0.15, 0.2) is 5.78 Å². The van der Waals surface area contributed by atoms with E-state index < -0.39 is 0 Å². The number of aryl methyl sites for hydroxylation is 2. The highest BCUT2D eigenvalue weighted by Gasteiger charge is 2.40. The molecule has 1 N–H and O–H groups in total. The number of benzene rings is 1. The van der Waals surface area contributed by atoms with Gasteiger partial charge in [0.1, 0.15) is 0 Å². The second-order valence-corrected chi connectivity index (χ2v) is 6.40. The number of fused-ring (bicyclic) bond motifs is 2. The highest BCUT2D eigenvalue weighted by molar-refractivity contribution is 5.97. The Morgan fingerprint density at radius 2 is 1.85 bits per heavy atom. The number of piperidine rings is 1. The molecule has 3 heteroatoms. The molecule has 2 unspecified atom stereocenters.